The zero-order valence-corrected chi connectivity index (χ0v) is 14.4. The number of aromatic nitrogens is 2. The van der Waals surface area contributed by atoms with Crippen molar-refractivity contribution < 1.29 is 13.2 Å². The molecule has 0 unspecified atom stereocenters. The predicted octanol–water partition coefficient (Wildman–Crippen LogP) is 4.90. The minimum absolute atomic E-state index is 0.660. The van der Waals surface area contributed by atoms with E-state index in [1.165, 1.54) is 18.5 Å². The maximum Gasteiger partial charge on any atom is 0.416 e. The van der Waals surface area contributed by atoms with Crippen LogP contribution in [0.5, 0.6) is 0 Å². The number of thiophene rings is 1. The molecule has 3 aromatic rings. The van der Waals surface area contributed by atoms with Gasteiger partial charge in [-0.05, 0) is 41.6 Å². The molecule has 0 fully saturated rings. The molecule has 0 saturated heterocycles. The van der Waals surface area contributed by atoms with Gasteiger partial charge in [0.25, 0.3) is 0 Å². The highest BCUT2D eigenvalue weighted by molar-refractivity contribution is 7.17. The largest absolute Gasteiger partial charge is 0.416 e. The van der Waals surface area contributed by atoms with Crippen molar-refractivity contribution in [3.05, 3.63) is 71.1 Å². The van der Waals surface area contributed by atoms with E-state index >= 15 is 0 Å². The van der Waals surface area contributed by atoms with Gasteiger partial charge in [-0.25, -0.2) is 15.0 Å². The van der Waals surface area contributed by atoms with Crippen LogP contribution in [0, 0.1) is 6.92 Å². The molecule has 4 nitrogen and oxygen atoms in total. The molecule has 0 saturated carbocycles. The third-order valence-corrected chi connectivity index (χ3v) is 5.07. The van der Waals surface area contributed by atoms with Crippen molar-refractivity contribution in [2.45, 2.75) is 13.1 Å². The van der Waals surface area contributed by atoms with E-state index in [9.17, 15) is 13.2 Å². The van der Waals surface area contributed by atoms with Crippen LogP contribution >= 0.6 is 11.3 Å². The number of hydrogen-bond acceptors (Lipinski definition) is 5. The van der Waals surface area contributed by atoms with E-state index in [1.807, 2.05) is 18.4 Å². The standard InChI is InChI=1S/C18H13F3N4S/c1-11-9-26-17-15(11)16(22-10-23-17)25-7-6-13(8-24-25)12-2-4-14(5-3-12)18(19,20)21/h2-10,24H,1H3. The number of anilines is 1. The molecule has 0 aliphatic carbocycles. The zero-order valence-electron chi connectivity index (χ0n) is 13.6. The van der Waals surface area contributed by atoms with Crippen molar-refractivity contribution in [2.75, 3.05) is 5.01 Å². The Balaban J connectivity index is 1.59. The van der Waals surface area contributed by atoms with Crippen molar-refractivity contribution in [2.24, 2.45) is 0 Å². The van der Waals surface area contributed by atoms with Crippen LogP contribution in [0.1, 0.15) is 16.7 Å². The third kappa shape index (κ3) is 2.92. The Morgan fingerprint density at radius 1 is 1.12 bits per heavy atom. The fraction of sp³-hybridized carbons (Fsp3) is 0.111. The lowest BCUT2D eigenvalue weighted by Gasteiger charge is -2.24. The highest BCUT2D eigenvalue weighted by atomic mass is 32.1. The predicted molar refractivity (Wildman–Crippen MR) is 96.3 cm³/mol. The van der Waals surface area contributed by atoms with E-state index in [4.69, 9.17) is 0 Å². The first-order valence-electron chi connectivity index (χ1n) is 7.74. The number of alkyl halides is 3. The average Bonchev–Trinajstić information content (AvgIpc) is 3.03. The Morgan fingerprint density at radius 2 is 1.88 bits per heavy atom. The summed E-state index contributed by atoms with van der Waals surface area (Å²) < 4.78 is 38.0. The molecule has 26 heavy (non-hydrogen) atoms. The molecule has 0 atom stereocenters. The van der Waals surface area contributed by atoms with E-state index in [1.54, 1.807) is 28.7 Å². The number of benzene rings is 1. The van der Waals surface area contributed by atoms with Gasteiger partial charge in [0.15, 0.2) is 5.82 Å². The van der Waals surface area contributed by atoms with E-state index in [0.29, 0.717) is 5.56 Å². The van der Waals surface area contributed by atoms with Gasteiger partial charge in [0.05, 0.1) is 10.9 Å². The molecule has 132 valence electrons. The minimum Gasteiger partial charge on any atom is -0.300 e. The van der Waals surface area contributed by atoms with Gasteiger partial charge in [-0.1, -0.05) is 12.1 Å². The van der Waals surface area contributed by atoms with Crippen LogP contribution < -0.4 is 10.4 Å². The highest BCUT2D eigenvalue weighted by Crippen LogP contribution is 2.32. The highest BCUT2D eigenvalue weighted by Gasteiger charge is 2.30. The molecule has 1 aromatic carbocycles. The maximum atomic E-state index is 12.7. The summed E-state index contributed by atoms with van der Waals surface area (Å²) >= 11 is 1.56. The number of nitrogens with one attached hydrogen (secondary N) is 1. The quantitative estimate of drug-likeness (QED) is 0.693. The Kier molecular flexibility index (Phi) is 3.91. The summed E-state index contributed by atoms with van der Waals surface area (Å²) in [5.41, 5.74) is 5.02. The maximum absolute atomic E-state index is 12.7. The van der Waals surface area contributed by atoms with Crippen LogP contribution in [0.3, 0.4) is 0 Å². The normalized spacial score (nSPS) is 14.5. The van der Waals surface area contributed by atoms with Crippen molar-refractivity contribution >= 4 is 32.9 Å². The van der Waals surface area contributed by atoms with Crippen LogP contribution in [-0.4, -0.2) is 9.97 Å². The summed E-state index contributed by atoms with van der Waals surface area (Å²) in [4.78, 5) is 9.53. The van der Waals surface area contributed by atoms with Gasteiger partial charge in [0, 0.05) is 18.0 Å². The van der Waals surface area contributed by atoms with Crippen LogP contribution in [0.25, 0.3) is 15.8 Å². The molecule has 3 heterocycles. The first-order valence-corrected chi connectivity index (χ1v) is 8.61. The van der Waals surface area contributed by atoms with Crippen LogP contribution in [0.15, 0.2) is 54.4 Å². The monoisotopic (exact) mass is 374 g/mol. The lowest BCUT2D eigenvalue weighted by molar-refractivity contribution is -0.137. The second-order valence-electron chi connectivity index (χ2n) is 5.79. The summed E-state index contributed by atoms with van der Waals surface area (Å²) in [6.07, 6.45) is 2.54. The molecular weight excluding hydrogens is 361 g/mol. The Bertz CT molecular complexity index is 1020. The lowest BCUT2D eigenvalue weighted by atomic mass is 10.0. The molecule has 8 heteroatoms. The van der Waals surface area contributed by atoms with Crippen molar-refractivity contribution in [1.29, 1.82) is 0 Å². The van der Waals surface area contributed by atoms with Gasteiger partial charge in [-0.3, -0.25) is 5.43 Å². The van der Waals surface area contributed by atoms with Gasteiger partial charge in [0.2, 0.25) is 0 Å². The number of allylic oxidation sites excluding steroid dienone is 2. The smallest absolute Gasteiger partial charge is 0.300 e. The number of hydrogen-bond donors (Lipinski definition) is 1. The number of hydrazine groups is 1. The van der Waals surface area contributed by atoms with Gasteiger partial charge >= 0.3 is 6.18 Å². The van der Waals surface area contributed by atoms with Crippen LogP contribution in [0.2, 0.25) is 0 Å². The SMILES string of the molecule is Cc1csc2ncnc(N3C=CC(c4ccc(C(F)(F)F)cc4)=CN3)c12. The fourth-order valence-electron chi connectivity index (χ4n) is 2.73. The number of aryl methyl sites for hydroxylation is 1. The Morgan fingerprint density at radius 3 is 2.54 bits per heavy atom. The third-order valence-electron chi connectivity index (χ3n) is 4.07. The first kappa shape index (κ1) is 16.6. The number of nitrogens with zero attached hydrogens (tertiary/aromatic N) is 3. The molecule has 0 radical (unpaired) electrons. The van der Waals surface area contributed by atoms with Gasteiger partial charge < -0.3 is 0 Å². The molecule has 1 N–H and O–H groups in total. The van der Waals surface area contributed by atoms with E-state index in [0.717, 1.165) is 39.3 Å². The summed E-state index contributed by atoms with van der Waals surface area (Å²) in [5.74, 6) is 0.729. The number of halogens is 3. The summed E-state index contributed by atoms with van der Waals surface area (Å²) in [7, 11) is 0. The van der Waals surface area contributed by atoms with Crippen LogP contribution in [-0.2, 0) is 6.18 Å². The van der Waals surface area contributed by atoms with Crippen molar-refractivity contribution in [1.82, 2.24) is 15.4 Å². The summed E-state index contributed by atoms with van der Waals surface area (Å²) in [6, 6.07) is 5.09. The molecule has 1 aliphatic heterocycles. The molecule has 2 aromatic heterocycles. The van der Waals surface area contributed by atoms with E-state index in [-0.39, 0.29) is 0 Å². The molecular formula is C18H13F3N4S. The van der Waals surface area contributed by atoms with Gasteiger partial charge in [-0.2, -0.15) is 13.2 Å². The molecule has 0 spiro atoms. The topological polar surface area (TPSA) is 41.1 Å². The second kappa shape index (κ2) is 6.14. The Labute approximate surface area is 151 Å². The molecule has 0 amide bonds. The van der Waals surface area contributed by atoms with Gasteiger partial charge in [-0.15, -0.1) is 11.3 Å². The van der Waals surface area contributed by atoms with Crippen molar-refractivity contribution in [3.63, 3.8) is 0 Å². The second-order valence-corrected chi connectivity index (χ2v) is 6.64. The lowest BCUT2D eigenvalue weighted by Crippen LogP contribution is -2.32. The fourth-order valence-corrected chi connectivity index (χ4v) is 3.61. The van der Waals surface area contributed by atoms with Gasteiger partial charge in [0.1, 0.15) is 11.2 Å². The molecule has 4 rings (SSSR count). The summed E-state index contributed by atoms with van der Waals surface area (Å²) in [5, 5.41) is 4.76. The van der Waals surface area contributed by atoms with Crippen molar-refractivity contribution in [3.8, 4) is 0 Å². The van der Waals surface area contributed by atoms with Crippen LogP contribution in [0.4, 0.5) is 19.0 Å². The van der Waals surface area contributed by atoms with E-state index in [2.05, 4.69) is 15.4 Å². The average molecular weight is 374 g/mol. The molecule has 1 aliphatic rings. The molecule has 0 bridgehead atoms. The minimum atomic E-state index is -4.33. The van der Waals surface area contributed by atoms with E-state index < -0.39 is 11.7 Å². The Hall–Kier alpha value is -2.87. The number of fused-ring (bicyclic) bond motifs is 1. The number of rotatable bonds is 2. The summed E-state index contributed by atoms with van der Waals surface area (Å²) in [6.45, 7) is 2.00. The first-order chi connectivity index (χ1) is 12.4. The zero-order chi connectivity index (χ0) is 18.3.